The van der Waals surface area contributed by atoms with Crippen molar-refractivity contribution in [2.75, 3.05) is 63.5 Å². The zero-order valence-corrected chi connectivity index (χ0v) is 22.1. The van der Waals surface area contributed by atoms with E-state index in [0.717, 1.165) is 79.9 Å². The number of pyridine rings is 1. The van der Waals surface area contributed by atoms with Crippen molar-refractivity contribution < 1.29 is 5.11 Å². The van der Waals surface area contributed by atoms with Crippen LogP contribution in [0.4, 0.5) is 11.6 Å². The molecule has 0 radical (unpaired) electrons. The third-order valence-electron chi connectivity index (χ3n) is 6.48. The Kier molecular flexibility index (Phi) is 8.95. The van der Waals surface area contributed by atoms with E-state index in [-0.39, 0.29) is 5.76 Å². The Labute approximate surface area is 217 Å². The first-order valence-electron chi connectivity index (χ1n) is 12.6. The highest BCUT2D eigenvalue weighted by Crippen LogP contribution is 2.32. The van der Waals surface area contributed by atoms with E-state index in [2.05, 4.69) is 42.8 Å². The molecule has 194 valence electrons. The predicted molar refractivity (Wildman–Crippen MR) is 147 cm³/mol. The van der Waals surface area contributed by atoms with Crippen molar-refractivity contribution in [1.29, 1.82) is 0 Å². The number of piperazine rings is 1. The number of hydrogen-bond donors (Lipinski definition) is 3. The largest absolute Gasteiger partial charge is 0.507 e. The van der Waals surface area contributed by atoms with Gasteiger partial charge in [-0.3, -0.25) is 0 Å². The average Bonchev–Trinajstić information content (AvgIpc) is 3.31. The molecule has 36 heavy (non-hydrogen) atoms. The molecule has 1 fully saturated rings. The van der Waals surface area contributed by atoms with Crippen LogP contribution < -0.4 is 10.6 Å². The quantitative estimate of drug-likeness (QED) is 0.200. The molecule has 1 saturated heterocycles. The fourth-order valence-corrected chi connectivity index (χ4v) is 4.38. The van der Waals surface area contributed by atoms with Gasteiger partial charge in [-0.15, -0.1) is 10.2 Å². The van der Waals surface area contributed by atoms with Gasteiger partial charge in [0.05, 0.1) is 16.6 Å². The maximum absolute atomic E-state index is 9.72. The summed E-state index contributed by atoms with van der Waals surface area (Å²) in [6.07, 6.45) is 8.91. The van der Waals surface area contributed by atoms with Crippen LogP contribution in [0.1, 0.15) is 26.7 Å². The zero-order chi connectivity index (χ0) is 25.5. The number of nitrogens with zero attached hydrogens (tertiary/aromatic N) is 7. The van der Waals surface area contributed by atoms with Gasteiger partial charge in [0.25, 0.3) is 0 Å². The van der Waals surface area contributed by atoms with Gasteiger partial charge in [0, 0.05) is 62.8 Å². The average molecular weight is 514 g/mol. The lowest BCUT2D eigenvalue weighted by atomic mass is 10.1. The van der Waals surface area contributed by atoms with E-state index >= 15 is 0 Å². The molecule has 0 amide bonds. The first kappa shape index (κ1) is 26.1. The molecule has 0 bridgehead atoms. The molecule has 1 aliphatic heterocycles. The van der Waals surface area contributed by atoms with Gasteiger partial charge in [0.1, 0.15) is 5.76 Å². The van der Waals surface area contributed by atoms with Crippen LogP contribution in [0.5, 0.6) is 0 Å². The standard InChI is InChI=1S/C25H36ClN9O/c1-4-35-25-20(17-30-35)22-19(16-29-25)23(27-10-7-11-34-14-12-33(3)13-15-34)31-32-24(22)28-9-6-5-8-21(36)18(2)26/h5,8,16-17,36H,4,6-7,9-15H2,1-3H3,(H,27,31)(H,28,32)/b8-5-,21-18-. The van der Waals surface area contributed by atoms with Crippen LogP contribution in [0.2, 0.25) is 0 Å². The molecule has 0 unspecified atom stereocenters. The van der Waals surface area contributed by atoms with Crippen molar-refractivity contribution >= 4 is 45.0 Å². The number of anilines is 2. The SMILES string of the molecule is CCn1ncc2c3c(NCC/C=C\C(O)=C(/C)Cl)nnc(NCCCN4CCN(C)CC4)c3cnc21. The highest BCUT2D eigenvalue weighted by Gasteiger charge is 2.17. The number of aromatic nitrogens is 5. The molecule has 0 aromatic carbocycles. The van der Waals surface area contributed by atoms with Crippen molar-refractivity contribution in [3.05, 3.63) is 35.3 Å². The topological polar surface area (TPSA) is 107 Å². The Balaban J connectivity index is 1.49. The molecule has 0 aliphatic carbocycles. The molecule has 11 heteroatoms. The summed E-state index contributed by atoms with van der Waals surface area (Å²) >= 11 is 5.80. The number of aliphatic hydroxyl groups excluding tert-OH is 1. The second-order valence-corrected chi connectivity index (χ2v) is 9.67. The Bertz CT molecular complexity index is 1230. The third-order valence-corrected chi connectivity index (χ3v) is 6.67. The Morgan fingerprint density at radius 3 is 2.58 bits per heavy atom. The van der Waals surface area contributed by atoms with Crippen molar-refractivity contribution in [1.82, 2.24) is 34.8 Å². The Morgan fingerprint density at radius 1 is 1.08 bits per heavy atom. The summed E-state index contributed by atoms with van der Waals surface area (Å²) in [7, 11) is 2.18. The first-order chi connectivity index (χ1) is 17.5. The number of fused-ring (bicyclic) bond motifs is 3. The van der Waals surface area contributed by atoms with Crippen LogP contribution in [0.3, 0.4) is 0 Å². The zero-order valence-electron chi connectivity index (χ0n) is 21.3. The predicted octanol–water partition coefficient (Wildman–Crippen LogP) is 3.83. The van der Waals surface area contributed by atoms with Gasteiger partial charge in [0.15, 0.2) is 17.3 Å². The molecule has 0 atom stereocenters. The van der Waals surface area contributed by atoms with Crippen LogP contribution in [0, 0.1) is 0 Å². The summed E-state index contributed by atoms with van der Waals surface area (Å²) in [5.74, 6) is 1.50. The van der Waals surface area contributed by atoms with E-state index < -0.39 is 0 Å². The van der Waals surface area contributed by atoms with Gasteiger partial charge in [-0.25, -0.2) is 9.67 Å². The minimum Gasteiger partial charge on any atom is -0.507 e. The minimum atomic E-state index is 0.0738. The molecule has 0 spiro atoms. The van der Waals surface area contributed by atoms with Crippen LogP contribution in [0.15, 0.2) is 35.3 Å². The van der Waals surface area contributed by atoms with Crippen molar-refractivity contribution in [3.63, 3.8) is 0 Å². The van der Waals surface area contributed by atoms with Crippen LogP contribution in [0.25, 0.3) is 21.8 Å². The van der Waals surface area contributed by atoms with Crippen LogP contribution in [-0.4, -0.2) is 92.7 Å². The maximum Gasteiger partial charge on any atom is 0.158 e. The number of aliphatic hydroxyl groups is 1. The molecule has 3 N–H and O–H groups in total. The summed E-state index contributed by atoms with van der Waals surface area (Å²) < 4.78 is 1.88. The molecular weight excluding hydrogens is 478 g/mol. The second-order valence-electron chi connectivity index (χ2n) is 9.10. The van der Waals surface area contributed by atoms with E-state index in [0.29, 0.717) is 23.8 Å². The van der Waals surface area contributed by atoms with Crippen molar-refractivity contribution in [2.24, 2.45) is 0 Å². The summed E-state index contributed by atoms with van der Waals surface area (Å²) in [6.45, 7) is 11.5. The first-order valence-corrected chi connectivity index (χ1v) is 13.0. The molecular formula is C25H36ClN9O. The summed E-state index contributed by atoms with van der Waals surface area (Å²) in [5, 5.41) is 33.3. The number of rotatable bonds is 11. The Hall–Kier alpha value is -2.95. The molecule has 3 aromatic heterocycles. The van der Waals surface area contributed by atoms with Crippen LogP contribution in [-0.2, 0) is 6.54 Å². The highest BCUT2D eigenvalue weighted by atomic mass is 35.5. The smallest absolute Gasteiger partial charge is 0.158 e. The number of nitrogens with one attached hydrogen (secondary N) is 2. The molecule has 10 nitrogen and oxygen atoms in total. The van der Waals surface area contributed by atoms with E-state index in [1.807, 2.05) is 30.1 Å². The Morgan fingerprint density at radius 2 is 1.83 bits per heavy atom. The van der Waals surface area contributed by atoms with Gasteiger partial charge in [0.2, 0.25) is 0 Å². The second kappa shape index (κ2) is 12.3. The lowest BCUT2D eigenvalue weighted by molar-refractivity contribution is 0.154. The van der Waals surface area contributed by atoms with E-state index in [4.69, 9.17) is 16.6 Å². The molecule has 1 aliphatic rings. The van der Waals surface area contributed by atoms with Crippen molar-refractivity contribution in [3.8, 4) is 0 Å². The number of halogens is 1. The van der Waals surface area contributed by atoms with Crippen molar-refractivity contribution in [2.45, 2.75) is 33.2 Å². The summed E-state index contributed by atoms with van der Waals surface area (Å²) in [4.78, 5) is 9.58. The number of hydrogen-bond acceptors (Lipinski definition) is 9. The van der Waals surface area contributed by atoms with E-state index in [9.17, 15) is 5.11 Å². The fraction of sp³-hybridized carbons (Fsp3) is 0.520. The maximum atomic E-state index is 9.72. The molecule has 4 rings (SSSR count). The normalized spacial score (nSPS) is 16.2. The highest BCUT2D eigenvalue weighted by molar-refractivity contribution is 6.29. The molecule has 4 heterocycles. The van der Waals surface area contributed by atoms with Gasteiger partial charge >= 0.3 is 0 Å². The number of allylic oxidation sites excluding steroid dienone is 2. The number of likely N-dealkylation sites (N-methyl/N-ethyl adjacent to an activating group) is 1. The fourth-order valence-electron chi connectivity index (χ4n) is 4.32. The third kappa shape index (κ3) is 6.24. The van der Waals surface area contributed by atoms with Gasteiger partial charge in [-0.1, -0.05) is 17.7 Å². The van der Waals surface area contributed by atoms with Crippen LogP contribution >= 0.6 is 11.6 Å². The summed E-state index contributed by atoms with van der Waals surface area (Å²) in [6, 6.07) is 0. The lowest BCUT2D eigenvalue weighted by Crippen LogP contribution is -2.44. The van der Waals surface area contributed by atoms with Gasteiger partial charge in [-0.05, 0) is 46.4 Å². The minimum absolute atomic E-state index is 0.0738. The number of aryl methyl sites for hydroxylation is 1. The molecule has 3 aromatic rings. The van der Waals surface area contributed by atoms with E-state index in [1.54, 1.807) is 13.0 Å². The molecule has 0 saturated carbocycles. The van der Waals surface area contributed by atoms with E-state index in [1.165, 1.54) is 0 Å². The van der Waals surface area contributed by atoms with Gasteiger partial charge in [-0.2, -0.15) is 5.10 Å². The monoisotopic (exact) mass is 513 g/mol. The lowest BCUT2D eigenvalue weighted by Gasteiger charge is -2.32. The summed E-state index contributed by atoms with van der Waals surface area (Å²) in [5.41, 5.74) is 0.828. The van der Waals surface area contributed by atoms with Gasteiger partial charge < -0.3 is 25.5 Å².